The lowest BCUT2D eigenvalue weighted by Crippen LogP contribution is -2.02. The molecule has 0 amide bonds. The van der Waals surface area contributed by atoms with Crippen LogP contribution < -0.4 is 5.32 Å². The molecular weight excluding hydrogens is 250 g/mol. The van der Waals surface area contributed by atoms with Gasteiger partial charge < -0.3 is 5.32 Å². The molecule has 100 valence electrons. The van der Waals surface area contributed by atoms with E-state index < -0.39 is 0 Å². The van der Waals surface area contributed by atoms with Crippen LogP contribution in [0.15, 0.2) is 49.4 Å². The Bertz CT molecular complexity index is 743. The predicted octanol–water partition coefficient (Wildman–Crippen LogP) is 2.72. The molecule has 5 heteroatoms. The Kier molecular flexibility index (Phi) is 3.16. The number of aromatic nitrogens is 4. The first-order valence-corrected chi connectivity index (χ1v) is 6.40. The van der Waals surface area contributed by atoms with Gasteiger partial charge in [0.15, 0.2) is 5.65 Å². The second-order valence-corrected chi connectivity index (χ2v) is 4.52. The molecule has 2 aromatic heterocycles. The highest BCUT2D eigenvalue weighted by Gasteiger charge is 2.10. The molecule has 0 aliphatic rings. The Hall–Kier alpha value is -2.69. The molecule has 0 spiro atoms. The van der Waals surface area contributed by atoms with Crippen LogP contribution in [0.25, 0.3) is 16.7 Å². The number of nitrogens with zero attached hydrogens (tertiary/aromatic N) is 4. The first kappa shape index (κ1) is 12.3. The maximum absolute atomic E-state index is 4.41. The van der Waals surface area contributed by atoms with Gasteiger partial charge in [-0.3, -0.25) is 0 Å². The number of nitrogens with one attached hydrogen (secondary N) is 1. The van der Waals surface area contributed by atoms with Gasteiger partial charge in [-0.15, -0.1) is 6.58 Å². The van der Waals surface area contributed by atoms with E-state index in [1.165, 1.54) is 5.56 Å². The summed E-state index contributed by atoms with van der Waals surface area (Å²) in [5.41, 5.74) is 2.99. The van der Waals surface area contributed by atoms with Gasteiger partial charge in [0, 0.05) is 6.54 Å². The van der Waals surface area contributed by atoms with Gasteiger partial charge in [-0.1, -0.05) is 23.8 Å². The molecule has 0 atom stereocenters. The average Bonchev–Trinajstić information content (AvgIpc) is 2.90. The summed E-state index contributed by atoms with van der Waals surface area (Å²) >= 11 is 0. The van der Waals surface area contributed by atoms with Crippen LogP contribution in [0.1, 0.15) is 5.56 Å². The molecule has 3 aromatic rings. The van der Waals surface area contributed by atoms with Crippen molar-refractivity contribution >= 4 is 16.9 Å². The molecule has 0 aliphatic heterocycles. The number of anilines is 1. The monoisotopic (exact) mass is 265 g/mol. The third kappa shape index (κ3) is 2.14. The Morgan fingerprint density at radius 1 is 1.25 bits per heavy atom. The molecule has 2 heterocycles. The van der Waals surface area contributed by atoms with Crippen molar-refractivity contribution in [3.8, 4) is 5.69 Å². The molecule has 1 aromatic carbocycles. The summed E-state index contributed by atoms with van der Waals surface area (Å²) < 4.78 is 1.82. The van der Waals surface area contributed by atoms with E-state index in [1.54, 1.807) is 18.6 Å². The highest BCUT2D eigenvalue weighted by Crippen LogP contribution is 2.21. The lowest BCUT2D eigenvalue weighted by atomic mass is 10.2. The second-order valence-electron chi connectivity index (χ2n) is 4.52. The van der Waals surface area contributed by atoms with Gasteiger partial charge in [0.25, 0.3) is 0 Å². The maximum atomic E-state index is 4.41. The van der Waals surface area contributed by atoms with Crippen molar-refractivity contribution in [2.24, 2.45) is 0 Å². The number of rotatable bonds is 4. The van der Waals surface area contributed by atoms with E-state index in [-0.39, 0.29) is 0 Å². The first-order valence-electron chi connectivity index (χ1n) is 6.40. The molecule has 0 unspecified atom stereocenters. The lowest BCUT2D eigenvalue weighted by Gasteiger charge is -2.05. The Morgan fingerprint density at radius 3 is 2.80 bits per heavy atom. The molecule has 0 bridgehead atoms. The largest absolute Gasteiger partial charge is 0.366 e. The minimum absolute atomic E-state index is 0.655. The quantitative estimate of drug-likeness (QED) is 0.737. The molecule has 0 fully saturated rings. The second kappa shape index (κ2) is 5.13. The van der Waals surface area contributed by atoms with E-state index in [4.69, 9.17) is 0 Å². The molecule has 0 aliphatic carbocycles. The third-order valence-electron chi connectivity index (χ3n) is 3.06. The van der Waals surface area contributed by atoms with Gasteiger partial charge in [0.1, 0.15) is 12.1 Å². The standard InChI is InChI=1S/C15H15N5/c1-3-8-16-14-13-9-19-20(15(13)18-10-17-14)12-6-4-11(2)5-7-12/h3-7,9-10H,1,8H2,2H3,(H,16,17,18). The zero-order valence-corrected chi connectivity index (χ0v) is 11.2. The van der Waals surface area contributed by atoms with Crippen LogP contribution in [0.2, 0.25) is 0 Å². The molecular formula is C15H15N5. The van der Waals surface area contributed by atoms with E-state index in [9.17, 15) is 0 Å². The summed E-state index contributed by atoms with van der Waals surface area (Å²) in [7, 11) is 0. The van der Waals surface area contributed by atoms with Crippen molar-refractivity contribution in [1.29, 1.82) is 0 Å². The number of hydrogen-bond acceptors (Lipinski definition) is 4. The van der Waals surface area contributed by atoms with Gasteiger partial charge in [-0.2, -0.15) is 5.10 Å². The van der Waals surface area contributed by atoms with Gasteiger partial charge in [0.05, 0.1) is 17.3 Å². The molecule has 0 radical (unpaired) electrons. The Balaban J connectivity index is 2.09. The van der Waals surface area contributed by atoms with E-state index in [0.717, 1.165) is 22.5 Å². The van der Waals surface area contributed by atoms with Gasteiger partial charge in [-0.25, -0.2) is 14.6 Å². The fraction of sp³-hybridized carbons (Fsp3) is 0.133. The van der Waals surface area contributed by atoms with Crippen LogP contribution in [-0.2, 0) is 0 Å². The molecule has 3 rings (SSSR count). The van der Waals surface area contributed by atoms with Crippen molar-refractivity contribution in [3.63, 3.8) is 0 Å². The van der Waals surface area contributed by atoms with Crippen molar-refractivity contribution in [3.05, 3.63) is 55.0 Å². The summed E-state index contributed by atoms with van der Waals surface area (Å²) in [6, 6.07) is 8.17. The SMILES string of the molecule is C=CCNc1ncnc2c1cnn2-c1ccc(C)cc1. The summed E-state index contributed by atoms with van der Waals surface area (Å²) in [6.07, 6.45) is 5.11. The van der Waals surface area contributed by atoms with Crippen LogP contribution >= 0.6 is 0 Å². The maximum Gasteiger partial charge on any atom is 0.168 e. The molecule has 5 nitrogen and oxygen atoms in total. The van der Waals surface area contributed by atoms with E-state index in [1.807, 2.05) is 16.8 Å². The normalized spacial score (nSPS) is 10.7. The number of fused-ring (bicyclic) bond motifs is 1. The van der Waals surface area contributed by atoms with Crippen LogP contribution in [-0.4, -0.2) is 26.3 Å². The minimum atomic E-state index is 0.655. The number of aryl methyl sites for hydroxylation is 1. The smallest absolute Gasteiger partial charge is 0.168 e. The highest BCUT2D eigenvalue weighted by atomic mass is 15.3. The molecule has 20 heavy (non-hydrogen) atoms. The van der Waals surface area contributed by atoms with Crippen LogP contribution in [0.5, 0.6) is 0 Å². The lowest BCUT2D eigenvalue weighted by molar-refractivity contribution is 0.894. The fourth-order valence-corrected chi connectivity index (χ4v) is 2.03. The predicted molar refractivity (Wildman–Crippen MR) is 80.1 cm³/mol. The fourth-order valence-electron chi connectivity index (χ4n) is 2.03. The van der Waals surface area contributed by atoms with E-state index >= 15 is 0 Å². The Morgan fingerprint density at radius 2 is 2.05 bits per heavy atom. The summed E-state index contributed by atoms with van der Waals surface area (Å²) in [5.74, 6) is 0.772. The van der Waals surface area contributed by atoms with Crippen LogP contribution in [0.4, 0.5) is 5.82 Å². The van der Waals surface area contributed by atoms with Crippen molar-refractivity contribution in [1.82, 2.24) is 19.7 Å². The van der Waals surface area contributed by atoms with Crippen molar-refractivity contribution in [2.75, 3.05) is 11.9 Å². The minimum Gasteiger partial charge on any atom is -0.366 e. The van der Waals surface area contributed by atoms with Gasteiger partial charge >= 0.3 is 0 Å². The van der Waals surface area contributed by atoms with Gasteiger partial charge in [0.2, 0.25) is 0 Å². The molecule has 1 N–H and O–H groups in total. The Labute approximate surface area is 117 Å². The van der Waals surface area contributed by atoms with Crippen molar-refractivity contribution < 1.29 is 0 Å². The summed E-state index contributed by atoms with van der Waals surface area (Å²) in [5, 5.41) is 8.50. The zero-order valence-electron chi connectivity index (χ0n) is 11.2. The van der Waals surface area contributed by atoms with Crippen molar-refractivity contribution in [2.45, 2.75) is 6.92 Å². The highest BCUT2D eigenvalue weighted by molar-refractivity contribution is 5.87. The van der Waals surface area contributed by atoms with Crippen LogP contribution in [0.3, 0.4) is 0 Å². The third-order valence-corrected chi connectivity index (χ3v) is 3.06. The number of hydrogen-bond donors (Lipinski definition) is 1. The molecule has 0 saturated heterocycles. The average molecular weight is 265 g/mol. The van der Waals surface area contributed by atoms with E-state index in [0.29, 0.717) is 6.54 Å². The van der Waals surface area contributed by atoms with E-state index in [2.05, 4.69) is 46.0 Å². The number of benzene rings is 1. The summed E-state index contributed by atoms with van der Waals surface area (Å²) in [6.45, 7) is 6.40. The summed E-state index contributed by atoms with van der Waals surface area (Å²) in [4.78, 5) is 8.57. The van der Waals surface area contributed by atoms with Crippen LogP contribution in [0, 0.1) is 6.92 Å². The van der Waals surface area contributed by atoms with Gasteiger partial charge in [-0.05, 0) is 19.1 Å². The molecule has 0 saturated carbocycles. The first-order chi connectivity index (χ1) is 9.79. The topological polar surface area (TPSA) is 55.6 Å². The zero-order chi connectivity index (χ0) is 13.9.